The van der Waals surface area contributed by atoms with Crippen molar-refractivity contribution >= 4 is 5.97 Å². The van der Waals surface area contributed by atoms with E-state index in [-0.39, 0.29) is 6.42 Å². The van der Waals surface area contributed by atoms with E-state index in [1.807, 2.05) is 0 Å². The van der Waals surface area contributed by atoms with Gasteiger partial charge in [-0.3, -0.25) is 4.89 Å². The predicted octanol–water partition coefficient (Wildman–Crippen LogP) is -6.53. The fraction of sp³-hybridized carbons (Fsp3) is 0.944. The van der Waals surface area contributed by atoms with Gasteiger partial charge in [0.05, 0.1) is 39.6 Å². The number of aliphatic hydroxyl groups excluding tert-OH is 17. The SMILES string of the molecule is CCCCCCCC/C=C\CCCCCCCC(=O)OO[C@@H]1[C@@H](O)[C@H]2O[C@H]3[C@H](O)[C@@H](O)[C@@H](O[C@H]4[C@H](O)[C@@H](O)[C@@H](O[C@H]5[C@H](O)[C@@H](O)[C@@H](O[C@H]6[C@H](O)[C@@H](O)[C@@H](O[C@H]7[C@H](O)[C@@H](O)[C@@H](O[C@H]1[C@@H](CO)O2)O[C@@H]7CO)O[C@@H]6CO)O[C@@H]5CO)O[C@@H]4CO)O[C@@H]3CO. The number of carbonyl (C=O) groups excluding carboxylic acids is 1. The Morgan fingerprint density at radius 3 is 0.884 bits per heavy atom. The standard InChI is InChI=1S/C54H92O32/c1-2-3-4-5-6-7-8-9-10-11-12-13-14-15-16-17-30(61)85-86-48-41(72)54-78-29(23-60)47(48)84-53-40(71)35(66)45(27(21-58)77-53)82-51-38(69)33(64)43(25(19-56)75-51)80-49-36(67)31(62)42(24(18-55)73-49)79-50-37(68)32(63)44(26(20-57)74-50)81-52-39(70)34(65)46(83-54)28(22-59)76-52/h9-10,24-29,31-60,62-72H,2-8,11-23H2,1H3/b10-9-/t24-,25-,26-,27-,28-,29-,31-,32-,33-,34-,35-,36-,37-,38-,39-,40-,41-,42-,43-,44-,45-,46-,47+,48-,49-,50-,51-,52-,53-,54-/m1/s1. The van der Waals surface area contributed by atoms with E-state index in [2.05, 4.69) is 19.1 Å². The van der Waals surface area contributed by atoms with Crippen molar-refractivity contribution < 1.29 is 158 Å². The zero-order valence-corrected chi connectivity index (χ0v) is 47.8. The van der Waals surface area contributed by atoms with Crippen molar-refractivity contribution in [2.75, 3.05) is 39.6 Å². The number of hydrogen-bond acceptors (Lipinski definition) is 32. The molecule has 0 aromatic rings. The van der Waals surface area contributed by atoms with Crippen molar-refractivity contribution in [3.63, 3.8) is 0 Å². The Kier molecular flexibility index (Phi) is 28.8. The monoisotopic (exact) mass is 1250 g/mol. The van der Waals surface area contributed by atoms with Gasteiger partial charge in [0.1, 0.15) is 140 Å². The van der Waals surface area contributed by atoms with Crippen LogP contribution in [-0.4, -0.2) is 317 Å². The lowest BCUT2D eigenvalue weighted by Gasteiger charge is -2.50. The van der Waals surface area contributed by atoms with E-state index in [4.69, 9.17) is 66.6 Å². The van der Waals surface area contributed by atoms with Crippen LogP contribution in [0.5, 0.6) is 0 Å². The Bertz CT molecular complexity index is 1970. The second-order valence-corrected chi connectivity index (χ2v) is 22.7. The first kappa shape index (κ1) is 71.5. The van der Waals surface area contributed by atoms with Gasteiger partial charge in [0.25, 0.3) is 0 Å². The first-order valence-corrected chi connectivity index (χ1v) is 29.9. The molecule has 32 heteroatoms. The molecule has 0 saturated carbocycles. The molecule has 22 aliphatic heterocycles. The van der Waals surface area contributed by atoms with Gasteiger partial charge in [-0.15, -0.1) is 0 Å². The molecule has 30 atom stereocenters. The highest BCUT2D eigenvalue weighted by Gasteiger charge is 2.59. The van der Waals surface area contributed by atoms with Crippen molar-refractivity contribution in [1.82, 2.24) is 0 Å². The normalized spacial score (nSPS) is 45.3. The zero-order chi connectivity index (χ0) is 62.4. The van der Waals surface area contributed by atoms with Crippen molar-refractivity contribution in [2.45, 2.75) is 281 Å². The molecular formula is C54H92O32. The van der Waals surface area contributed by atoms with Gasteiger partial charge in [-0.2, -0.15) is 4.89 Å². The van der Waals surface area contributed by atoms with Gasteiger partial charge in [0.15, 0.2) is 43.8 Å². The second-order valence-electron chi connectivity index (χ2n) is 22.7. The summed E-state index contributed by atoms with van der Waals surface area (Å²) in [5, 5.41) is 189. The van der Waals surface area contributed by atoms with Crippen LogP contribution in [-0.2, 0) is 71.4 Å². The summed E-state index contributed by atoms with van der Waals surface area (Å²) < 4.78 is 69.7. The summed E-state index contributed by atoms with van der Waals surface area (Å²) in [6, 6.07) is 0. The number of unbranched alkanes of at least 4 members (excludes halogenated alkanes) is 11. The maximum Gasteiger partial charge on any atom is 0.342 e. The molecule has 17 N–H and O–H groups in total. The van der Waals surface area contributed by atoms with Crippen LogP contribution in [0, 0.1) is 0 Å². The van der Waals surface area contributed by atoms with Crippen LogP contribution in [0.4, 0.5) is 0 Å². The number of carbonyl (C=O) groups is 1. The number of hydrogen-bond donors (Lipinski definition) is 17. The second kappa shape index (κ2) is 34.6. The molecule has 86 heavy (non-hydrogen) atoms. The highest BCUT2D eigenvalue weighted by molar-refractivity contribution is 5.68. The highest BCUT2D eigenvalue weighted by Crippen LogP contribution is 2.39. The Morgan fingerprint density at radius 1 is 0.326 bits per heavy atom. The van der Waals surface area contributed by atoms with E-state index < -0.39 is 230 Å². The smallest absolute Gasteiger partial charge is 0.342 e. The lowest BCUT2D eigenvalue weighted by atomic mass is 9.94. The van der Waals surface area contributed by atoms with Crippen molar-refractivity contribution in [3.8, 4) is 0 Å². The lowest BCUT2D eigenvalue weighted by molar-refractivity contribution is -0.421. The summed E-state index contributed by atoms with van der Waals surface area (Å²) in [5.74, 6) is -0.921. The van der Waals surface area contributed by atoms with Gasteiger partial charge < -0.3 is 144 Å². The highest BCUT2D eigenvalue weighted by atomic mass is 17.2. The average Bonchev–Trinajstić information content (AvgIpc) is 1.71. The fourth-order valence-electron chi connectivity index (χ4n) is 11.5. The molecule has 12 bridgehead atoms. The Balaban J connectivity index is 1.11. The van der Waals surface area contributed by atoms with E-state index in [1.54, 1.807) is 0 Å². The number of ether oxygens (including phenoxy) is 12. The molecule has 0 spiro atoms. The Hall–Kier alpha value is -1.99. The maximum absolute atomic E-state index is 13.2. The largest absolute Gasteiger partial charge is 0.394 e. The van der Waals surface area contributed by atoms with Gasteiger partial charge in [-0.25, -0.2) is 4.79 Å². The van der Waals surface area contributed by atoms with E-state index in [9.17, 15) is 91.6 Å². The minimum atomic E-state index is -2.22. The number of rotatable bonds is 23. The van der Waals surface area contributed by atoms with Gasteiger partial charge >= 0.3 is 5.97 Å². The van der Waals surface area contributed by atoms with Crippen molar-refractivity contribution in [1.29, 1.82) is 0 Å². The molecule has 0 radical (unpaired) electrons. The minimum absolute atomic E-state index is 0.166. The van der Waals surface area contributed by atoms with Gasteiger partial charge in [0.2, 0.25) is 0 Å². The molecule has 0 aliphatic carbocycles. The molecule has 22 rings (SSSR count). The van der Waals surface area contributed by atoms with Crippen LogP contribution in [0.15, 0.2) is 12.2 Å². The molecule has 22 fully saturated rings. The van der Waals surface area contributed by atoms with Gasteiger partial charge in [0, 0.05) is 6.42 Å². The van der Waals surface area contributed by atoms with Crippen LogP contribution in [0.3, 0.4) is 0 Å². The van der Waals surface area contributed by atoms with Gasteiger partial charge in [-0.1, -0.05) is 70.4 Å². The first-order chi connectivity index (χ1) is 41.4. The molecule has 22 saturated heterocycles. The summed E-state index contributed by atoms with van der Waals surface area (Å²) in [6.45, 7) is -3.98. The summed E-state index contributed by atoms with van der Waals surface area (Å²) in [4.78, 5) is 23.9. The lowest BCUT2D eigenvalue weighted by Crippen LogP contribution is -2.69. The molecule has 32 nitrogen and oxygen atoms in total. The third-order valence-electron chi connectivity index (χ3n) is 16.5. The maximum atomic E-state index is 13.2. The fourth-order valence-corrected chi connectivity index (χ4v) is 11.5. The van der Waals surface area contributed by atoms with E-state index in [0.717, 1.165) is 32.1 Å². The molecule has 0 unspecified atom stereocenters. The topological polar surface area (TPSA) is 490 Å². The minimum Gasteiger partial charge on any atom is -0.394 e. The first-order valence-electron chi connectivity index (χ1n) is 29.9. The Morgan fingerprint density at radius 2 is 0.581 bits per heavy atom. The van der Waals surface area contributed by atoms with Crippen LogP contribution < -0.4 is 0 Å². The molecule has 0 amide bonds. The van der Waals surface area contributed by atoms with E-state index in [1.165, 1.54) is 38.5 Å². The molecular weight excluding hydrogens is 1160 g/mol. The van der Waals surface area contributed by atoms with E-state index in [0.29, 0.717) is 12.8 Å². The third kappa shape index (κ3) is 17.4. The summed E-state index contributed by atoms with van der Waals surface area (Å²) in [6.07, 6.45) is -42.4. The van der Waals surface area contributed by atoms with Gasteiger partial charge in [-0.05, 0) is 32.1 Å². The zero-order valence-electron chi connectivity index (χ0n) is 47.8. The van der Waals surface area contributed by atoms with Crippen LogP contribution in [0.25, 0.3) is 0 Å². The third-order valence-corrected chi connectivity index (χ3v) is 16.5. The van der Waals surface area contributed by atoms with Crippen molar-refractivity contribution in [2.24, 2.45) is 0 Å². The molecule has 0 aromatic carbocycles. The molecule has 500 valence electrons. The van der Waals surface area contributed by atoms with Crippen LogP contribution in [0.2, 0.25) is 0 Å². The molecule has 0 aromatic heterocycles. The van der Waals surface area contributed by atoms with E-state index >= 15 is 0 Å². The average molecular weight is 1250 g/mol. The predicted molar refractivity (Wildman–Crippen MR) is 280 cm³/mol. The summed E-state index contributed by atoms with van der Waals surface area (Å²) in [5.41, 5.74) is 0. The summed E-state index contributed by atoms with van der Waals surface area (Å²) >= 11 is 0. The van der Waals surface area contributed by atoms with Crippen LogP contribution in [0.1, 0.15) is 96.8 Å². The van der Waals surface area contributed by atoms with Crippen LogP contribution >= 0.6 is 0 Å². The van der Waals surface area contributed by atoms with Crippen molar-refractivity contribution in [3.05, 3.63) is 12.2 Å². The Labute approximate surface area is 496 Å². The summed E-state index contributed by atoms with van der Waals surface area (Å²) in [7, 11) is 0. The molecule has 22 heterocycles. The number of aliphatic hydroxyl groups is 17. The molecule has 22 aliphatic rings. The quantitative estimate of drug-likeness (QED) is 0.0196. The number of allylic oxidation sites excluding steroid dienone is 2.